The highest BCUT2D eigenvalue weighted by Gasteiger charge is 2.16. The number of rotatable bonds is 2. The molecule has 0 aromatic carbocycles. The van der Waals surface area contributed by atoms with E-state index in [0.29, 0.717) is 6.04 Å². The molecule has 2 aromatic heterocycles. The van der Waals surface area contributed by atoms with Gasteiger partial charge in [0.15, 0.2) is 5.65 Å². The monoisotopic (exact) mass is 235 g/mol. The van der Waals surface area contributed by atoms with E-state index in [-0.39, 0.29) is 0 Å². The lowest BCUT2D eigenvalue weighted by molar-refractivity contribution is 0.548. The van der Waals surface area contributed by atoms with Gasteiger partial charge < -0.3 is 5.32 Å². The average Bonchev–Trinajstić information content (AvgIpc) is 2.74. The summed E-state index contributed by atoms with van der Waals surface area (Å²) in [6.45, 7) is 1.09. The molecule has 1 N–H and O–H groups in total. The third-order valence-electron chi connectivity index (χ3n) is 2.71. The van der Waals surface area contributed by atoms with Crippen LogP contribution < -0.4 is 5.32 Å². The second kappa shape index (κ2) is 4.39. The van der Waals surface area contributed by atoms with Crippen LogP contribution in [0.25, 0.3) is 5.65 Å². The van der Waals surface area contributed by atoms with E-state index in [0.717, 1.165) is 30.2 Å². The predicted octanol–water partition coefficient (Wildman–Crippen LogP) is 0.372. The van der Waals surface area contributed by atoms with E-state index in [4.69, 9.17) is 0 Å². The van der Waals surface area contributed by atoms with Crippen LogP contribution in [0.4, 0.5) is 0 Å². The van der Waals surface area contributed by atoms with Gasteiger partial charge in [-0.05, 0) is 0 Å². The Morgan fingerprint density at radius 2 is 2.50 bits per heavy atom. The first-order valence-corrected chi connectivity index (χ1v) is 6.54. The van der Waals surface area contributed by atoms with Gasteiger partial charge in [-0.3, -0.25) is 9.38 Å². The maximum Gasteiger partial charge on any atom is 0.179 e. The van der Waals surface area contributed by atoms with Crippen molar-refractivity contribution < 1.29 is 0 Å². The van der Waals surface area contributed by atoms with Crippen molar-refractivity contribution >= 4 is 17.4 Å². The van der Waals surface area contributed by atoms with Gasteiger partial charge in [0.1, 0.15) is 5.82 Å². The van der Waals surface area contributed by atoms with E-state index < -0.39 is 0 Å². The minimum absolute atomic E-state index is 0.513. The number of hydrogen-bond donors (Lipinski definition) is 1. The number of nitrogens with zero attached hydrogens (tertiary/aromatic N) is 4. The molecule has 6 heteroatoms. The first-order valence-electron chi connectivity index (χ1n) is 5.38. The van der Waals surface area contributed by atoms with Crippen LogP contribution in [0, 0.1) is 0 Å². The smallest absolute Gasteiger partial charge is 0.179 e. The molecule has 16 heavy (non-hydrogen) atoms. The van der Waals surface area contributed by atoms with Crippen molar-refractivity contribution in [2.24, 2.45) is 0 Å². The van der Waals surface area contributed by atoms with Gasteiger partial charge in [0.05, 0.1) is 6.20 Å². The van der Waals surface area contributed by atoms with Gasteiger partial charge in [0.2, 0.25) is 0 Å². The van der Waals surface area contributed by atoms with Crippen molar-refractivity contribution in [3.05, 3.63) is 24.4 Å². The van der Waals surface area contributed by atoms with Crippen molar-refractivity contribution in [3.8, 4) is 0 Å². The molecule has 2 aromatic rings. The lowest BCUT2D eigenvalue weighted by atomic mass is 10.2. The predicted molar refractivity (Wildman–Crippen MR) is 63.6 cm³/mol. The SMILES string of the molecule is c1cn2c(CC3CSCCN3)nnc2cn1. The molecule has 3 heterocycles. The Labute approximate surface area is 97.7 Å². The van der Waals surface area contributed by atoms with Crippen LogP contribution in [0.3, 0.4) is 0 Å². The van der Waals surface area contributed by atoms with Crippen molar-refractivity contribution in [2.45, 2.75) is 12.5 Å². The fourth-order valence-electron chi connectivity index (χ4n) is 1.91. The molecule has 0 spiro atoms. The maximum absolute atomic E-state index is 4.21. The summed E-state index contributed by atoms with van der Waals surface area (Å²) >= 11 is 2.00. The third-order valence-corrected chi connectivity index (χ3v) is 3.84. The molecule has 1 aliphatic heterocycles. The number of aromatic nitrogens is 4. The van der Waals surface area contributed by atoms with Crippen molar-refractivity contribution in [1.29, 1.82) is 0 Å². The van der Waals surface area contributed by atoms with Crippen LogP contribution >= 0.6 is 11.8 Å². The molecule has 1 saturated heterocycles. The topological polar surface area (TPSA) is 55.1 Å². The van der Waals surface area contributed by atoms with Crippen molar-refractivity contribution in [1.82, 2.24) is 24.9 Å². The summed E-state index contributed by atoms with van der Waals surface area (Å²) < 4.78 is 2.01. The van der Waals surface area contributed by atoms with Crippen LogP contribution in [-0.4, -0.2) is 43.7 Å². The molecular formula is C10H13N5S. The van der Waals surface area contributed by atoms with Gasteiger partial charge in [-0.2, -0.15) is 11.8 Å². The largest absolute Gasteiger partial charge is 0.312 e. The molecule has 84 valence electrons. The van der Waals surface area contributed by atoms with Gasteiger partial charge in [-0.15, -0.1) is 10.2 Å². The minimum atomic E-state index is 0.513. The highest BCUT2D eigenvalue weighted by Crippen LogP contribution is 2.12. The van der Waals surface area contributed by atoms with Crippen LogP contribution in [0.5, 0.6) is 0 Å². The first-order chi connectivity index (χ1) is 7.93. The molecule has 1 atom stereocenters. The number of fused-ring (bicyclic) bond motifs is 1. The maximum atomic E-state index is 4.21. The summed E-state index contributed by atoms with van der Waals surface area (Å²) in [5, 5.41) is 11.8. The Morgan fingerprint density at radius 1 is 1.50 bits per heavy atom. The summed E-state index contributed by atoms with van der Waals surface area (Å²) in [7, 11) is 0. The second-order valence-corrected chi connectivity index (χ2v) is 5.00. The molecular weight excluding hydrogens is 222 g/mol. The molecule has 0 bridgehead atoms. The number of nitrogens with one attached hydrogen (secondary N) is 1. The van der Waals surface area contributed by atoms with E-state index >= 15 is 0 Å². The Kier molecular flexibility index (Phi) is 2.75. The van der Waals surface area contributed by atoms with Crippen LogP contribution in [0.1, 0.15) is 5.82 Å². The third kappa shape index (κ3) is 1.90. The summed E-state index contributed by atoms with van der Waals surface area (Å²) in [6.07, 6.45) is 6.35. The van der Waals surface area contributed by atoms with Crippen LogP contribution in [0.2, 0.25) is 0 Å². The quantitative estimate of drug-likeness (QED) is 0.815. The van der Waals surface area contributed by atoms with Gasteiger partial charge >= 0.3 is 0 Å². The fourth-order valence-corrected chi connectivity index (χ4v) is 2.86. The molecule has 1 unspecified atom stereocenters. The summed E-state index contributed by atoms with van der Waals surface area (Å²) in [5.74, 6) is 3.37. The number of hydrogen-bond acceptors (Lipinski definition) is 5. The highest BCUT2D eigenvalue weighted by atomic mass is 32.2. The Morgan fingerprint density at radius 3 is 3.38 bits per heavy atom. The molecule has 0 radical (unpaired) electrons. The molecule has 5 nitrogen and oxygen atoms in total. The standard InChI is InChI=1S/C10H13N5S/c1-3-15-9(13-14-10(15)6-11-1)5-8-7-16-4-2-12-8/h1,3,6,8,12H,2,4-5,7H2. The molecule has 0 amide bonds. The van der Waals surface area contributed by atoms with Crippen molar-refractivity contribution in [3.63, 3.8) is 0 Å². The van der Waals surface area contributed by atoms with Crippen molar-refractivity contribution in [2.75, 3.05) is 18.1 Å². The van der Waals surface area contributed by atoms with Gasteiger partial charge in [0.25, 0.3) is 0 Å². The second-order valence-electron chi connectivity index (χ2n) is 3.85. The zero-order chi connectivity index (χ0) is 10.8. The van der Waals surface area contributed by atoms with E-state index in [1.165, 1.54) is 5.75 Å². The fraction of sp³-hybridized carbons (Fsp3) is 0.500. The average molecular weight is 235 g/mol. The van der Waals surface area contributed by atoms with Gasteiger partial charge in [0, 0.05) is 42.9 Å². The molecule has 1 aliphatic rings. The Balaban J connectivity index is 1.83. The van der Waals surface area contributed by atoms with E-state index in [2.05, 4.69) is 20.5 Å². The van der Waals surface area contributed by atoms with E-state index in [1.54, 1.807) is 12.4 Å². The minimum Gasteiger partial charge on any atom is -0.312 e. The summed E-state index contributed by atoms with van der Waals surface area (Å²) in [4.78, 5) is 4.03. The van der Waals surface area contributed by atoms with Gasteiger partial charge in [-0.25, -0.2) is 0 Å². The van der Waals surface area contributed by atoms with Crippen LogP contribution in [-0.2, 0) is 6.42 Å². The van der Waals surface area contributed by atoms with E-state index in [1.807, 2.05) is 22.4 Å². The number of thioether (sulfide) groups is 1. The Bertz CT molecular complexity index is 477. The molecule has 0 aliphatic carbocycles. The normalized spacial score (nSPS) is 21.4. The zero-order valence-electron chi connectivity index (χ0n) is 8.83. The molecule has 3 rings (SSSR count). The zero-order valence-corrected chi connectivity index (χ0v) is 9.65. The summed E-state index contributed by atoms with van der Waals surface area (Å²) in [6, 6.07) is 0.513. The first kappa shape index (κ1) is 10.0. The lowest BCUT2D eigenvalue weighted by Gasteiger charge is -2.22. The van der Waals surface area contributed by atoms with Crippen LogP contribution in [0.15, 0.2) is 18.6 Å². The molecule has 1 fully saturated rings. The summed E-state index contributed by atoms with van der Waals surface area (Å²) in [5.41, 5.74) is 0.820. The molecule has 0 saturated carbocycles. The Hall–Kier alpha value is -1.14. The van der Waals surface area contributed by atoms with Gasteiger partial charge in [-0.1, -0.05) is 0 Å². The lowest BCUT2D eigenvalue weighted by Crippen LogP contribution is -2.39. The highest BCUT2D eigenvalue weighted by molar-refractivity contribution is 7.99. The van der Waals surface area contributed by atoms with E-state index in [9.17, 15) is 0 Å².